The van der Waals surface area contributed by atoms with E-state index < -0.39 is 29.2 Å². The van der Waals surface area contributed by atoms with Crippen LogP contribution in [-0.4, -0.2) is 64.8 Å². The minimum absolute atomic E-state index is 0.0215. The number of anilines is 1. The van der Waals surface area contributed by atoms with Gasteiger partial charge in [-0.1, -0.05) is 29.4 Å². The Morgan fingerprint density at radius 2 is 1.95 bits per heavy atom. The molecule has 1 aromatic carbocycles. The van der Waals surface area contributed by atoms with Gasteiger partial charge in [-0.05, 0) is 35.8 Å². The van der Waals surface area contributed by atoms with Gasteiger partial charge in [0.1, 0.15) is 42.3 Å². The number of nitrogen functional groups attached to an aromatic ring is 1. The topological polar surface area (TPSA) is 149 Å². The molecule has 12 nitrogen and oxygen atoms in total. The van der Waals surface area contributed by atoms with E-state index in [0.717, 1.165) is 22.5 Å². The summed E-state index contributed by atoms with van der Waals surface area (Å²) in [5, 5.41) is 7.85. The lowest BCUT2D eigenvalue weighted by atomic mass is 10.0. The fraction of sp³-hybridized carbons (Fsp3) is 0.267. The summed E-state index contributed by atoms with van der Waals surface area (Å²) in [5.74, 6) is -0.519. The quantitative estimate of drug-likeness (QED) is 0.0764. The number of allylic oxidation sites excluding steroid dienone is 2. The van der Waals surface area contributed by atoms with Crippen LogP contribution < -0.4 is 20.4 Å². The van der Waals surface area contributed by atoms with E-state index in [9.17, 15) is 14.4 Å². The number of aromatic nitrogens is 2. The number of carbonyl (C=O) groups excluding carboxylic acids is 3. The van der Waals surface area contributed by atoms with Gasteiger partial charge in [-0.3, -0.25) is 14.5 Å². The first-order valence-corrected chi connectivity index (χ1v) is 15.5. The first-order chi connectivity index (χ1) is 21.4. The molecule has 0 aliphatic carbocycles. The molecular weight excluding hydrogens is 605 g/mol. The van der Waals surface area contributed by atoms with Crippen molar-refractivity contribution in [1.82, 2.24) is 15.2 Å². The van der Waals surface area contributed by atoms with E-state index in [2.05, 4.69) is 15.5 Å². The predicted octanol–water partition coefficient (Wildman–Crippen LogP) is 2.42. The molecule has 0 saturated carbocycles. The Morgan fingerprint density at radius 1 is 1.18 bits per heavy atom. The van der Waals surface area contributed by atoms with E-state index in [0.29, 0.717) is 24.5 Å². The van der Waals surface area contributed by atoms with Gasteiger partial charge >= 0.3 is 5.97 Å². The van der Waals surface area contributed by atoms with Gasteiger partial charge in [-0.25, -0.2) is 14.3 Å². The van der Waals surface area contributed by atoms with Crippen LogP contribution >= 0.6 is 23.1 Å². The molecule has 0 spiro atoms. The van der Waals surface area contributed by atoms with Crippen LogP contribution in [0.5, 0.6) is 5.75 Å². The molecule has 5 rings (SSSR count). The summed E-state index contributed by atoms with van der Waals surface area (Å²) < 4.78 is 12.9. The lowest BCUT2D eigenvalue weighted by Gasteiger charge is -2.49. The third-order valence-corrected chi connectivity index (χ3v) is 8.86. The normalized spacial score (nSPS) is 18.1. The van der Waals surface area contributed by atoms with Crippen molar-refractivity contribution in [1.29, 1.82) is 0 Å². The lowest BCUT2D eigenvalue weighted by molar-refractivity contribution is -0.687. The van der Waals surface area contributed by atoms with Crippen LogP contribution in [0.4, 0.5) is 5.13 Å². The number of oxime groups is 1. The monoisotopic (exact) mass is 635 g/mol. The van der Waals surface area contributed by atoms with Crippen LogP contribution in [0.1, 0.15) is 17.7 Å². The van der Waals surface area contributed by atoms with Crippen molar-refractivity contribution < 1.29 is 33.3 Å². The molecule has 228 valence electrons. The number of esters is 1. The number of benzene rings is 1. The van der Waals surface area contributed by atoms with E-state index in [4.69, 9.17) is 20.0 Å². The minimum Gasteiger partial charge on any atom is -0.497 e. The van der Waals surface area contributed by atoms with Crippen LogP contribution in [0.15, 0.2) is 88.8 Å². The van der Waals surface area contributed by atoms with Crippen molar-refractivity contribution in [2.75, 3.05) is 25.7 Å². The zero-order valence-corrected chi connectivity index (χ0v) is 25.7. The molecule has 0 bridgehead atoms. The van der Waals surface area contributed by atoms with E-state index in [1.165, 1.54) is 23.8 Å². The highest BCUT2D eigenvalue weighted by Gasteiger charge is 2.54. The standard InChI is InChI=1S/C30H30N6O6S2/c1-40-21-11-9-19(10-12-21)16-42-29(39)25-20(8-4-7-15-35-13-5-3-6-14-35)17-43-28-24(27(38)36(25)28)33-26(37)23(34-41-2)22-18-44-30(31)32-22/h3-7,9-14,18,24,28H,8,15-17H2,1-2H3,(H2-,31,32,33,37)/p+1/b7-4-,34-23-/t24-,28-/m1/s1. The van der Waals surface area contributed by atoms with Gasteiger partial charge in [0.25, 0.3) is 11.8 Å². The number of β-lactam (4-membered cyclic amide) rings is 1. The maximum atomic E-state index is 13.5. The Balaban J connectivity index is 1.33. The summed E-state index contributed by atoms with van der Waals surface area (Å²) in [5.41, 5.74) is 7.58. The van der Waals surface area contributed by atoms with E-state index in [1.807, 2.05) is 47.3 Å². The molecule has 0 unspecified atom stereocenters. The lowest BCUT2D eigenvalue weighted by Crippen LogP contribution is -2.71. The van der Waals surface area contributed by atoms with Crippen LogP contribution in [-0.2, 0) is 37.1 Å². The fourth-order valence-electron chi connectivity index (χ4n) is 4.65. The van der Waals surface area contributed by atoms with Crippen LogP contribution in [0.3, 0.4) is 0 Å². The summed E-state index contributed by atoms with van der Waals surface area (Å²) in [6, 6.07) is 12.1. The number of nitrogens with zero attached hydrogens (tertiary/aromatic N) is 4. The Bertz CT molecular complexity index is 1610. The Kier molecular flexibility index (Phi) is 9.92. The predicted molar refractivity (Wildman–Crippen MR) is 165 cm³/mol. The number of nitrogens with two attached hydrogens (primary N) is 1. The first-order valence-electron chi connectivity index (χ1n) is 13.6. The highest BCUT2D eigenvalue weighted by atomic mass is 32.2. The van der Waals surface area contributed by atoms with Crippen LogP contribution in [0.25, 0.3) is 0 Å². The second kappa shape index (κ2) is 14.2. The number of carbonyl (C=O) groups is 3. The van der Waals surface area contributed by atoms with Crippen molar-refractivity contribution in [2.24, 2.45) is 5.16 Å². The smallest absolute Gasteiger partial charge is 0.355 e. The van der Waals surface area contributed by atoms with Crippen molar-refractivity contribution in [3.05, 3.63) is 94.9 Å². The Morgan fingerprint density at radius 3 is 2.64 bits per heavy atom. The van der Waals surface area contributed by atoms with E-state index in [1.54, 1.807) is 36.8 Å². The molecule has 0 radical (unpaired) electrons. The molecule has 4 heterocycles. The van der Waals surface area contributed by atoms with Gasteiger partial charge in [0.15, 0.2) is 29.8 Å². The van der Waals surface area contributed by atoms with Gasteiger partial charge in [0, 0.05) is 23.3 Å². The van der Waals surface area contributed by atoms with Crippen molar-refractivity contribution >= 4 is 51.7 Å². The first kappa shape index (κ1) is 30.8. The summed E-state index contributed by atoms with van der Waals surface area (Å²) in [7, 11) is 2.88. The number of fused-ring (bicyclic) bond motifs is 1. The number of methoxy groups -OCH3 is 1. The summed E-state index contributed by atoms with van der Waals surface area (Å²) in [6.45, 7) is 0.682. The molecule has 2 aromatic heterocycles. The molecule has 2 amide bonds. The van der Waals surface area contributed by atoms with Gasteiger partial charge in [0.05, 0.1) is 7.11 Å². The molecule has 2 aliphatic heterocycles. The average molecular weight is 636 g/mol. The highest BCUT2D eigenvalue weighted by molar-refractivity contribution is 8.00. The second-order valence-corrected chi connectivity index (χ2v) is 11.7. The van der Waals surface area contributed by atoms with Gasteiger partial charge in [0.2, 0.25) is 0 Å². The number of pyridine rings is 1. The third-order valence-electron chi connectivity index (χ3n) is 6.84. The molecule has 1 saturated heterocycles. The largest absolute Gasteiger partial charge is 0.497 e. The molecular formula is C30H31N6O6S2+. The average Bonchev–Trinajstić information content (AvgIpc) is 3.49. The van der Waals surface area contributed by atoms with Gasteiger partial charge < -0.3 is 25.4 Å². The maximum Gasteiger partial charge on any atom is 0.355 e. The fourth-order valence-corrected chi connectivity index (χ4v) is 6.56. The minimum atomic E-state index is -0.888. The number of ether oxygens (including phenoxy) is 2. The van der Waals surface area contributed by atoms with E-state index >= 15 is 0 Å². The van der Waals surface area contributed by atoms with E-state index in [-0.39, 0.29) is 28.8 Å². The van der Waals surface area contributed by atoms with Crippen molar-refractivity contribution in [3.8, 4) is 5.75 Å². The van der Waals surface area contributed by atoms with Crippen LogP contribution in [0.2, 0.25) is 0 Å². The number of thiazole rings is 1. The molecule has 14 heteroatoms. The summed E-state index contributed by atoms with van der Waals surface area (Å²) in [6.07, 6.45) is 8.37. The number of hydrogen-bond acceptors (Lipinski definition) is 11. The third kappa shape index (κ3) is 6.92. The zero-order valence-electron chi connectivity index (χ0n) is 24.0. The molecule has 3 N–H and O–H groups in total. The molecule has 2 aliphatic rings. The Hall–Kier alpha value is -4.69. The Labute approximate surface area is 262 Å². The highest BCUT2D eigenvalue weighted by Crippen LogP contribution is 2.41. The number of nitrogens with one attached hydrogen (secondary N) is 1. The summed E-state index contributed by atoms with van der Waals surface area (Å²) in [4.78, 5) is 50.5. The molecule has 3 aromatic rings. The zero-order chi connectivity index (χ0) is 31.1. The van der Waals surface area contributed by atoms with Gasteiger partial charge in [-0.2, -0.15) is 0 Å². The van der Waals surface area contributed by atoms with Crippen molar-refractivity contribution in [3.63, 3.8) is 0 Å². The van der Waals surface area contributed by atoms with Gasteiger partial charge in [-0.15, -0.1) is 23.1 Å². The number of rotatable bonds is 12. The number of hydrogen-bond donors (Lipinski definition) is 2. The number of thioether (sulfide) groups is 1. The molecule has 2 atom stereocenters. The van der Waals surface area contributed by atoms with Crippen molar-refractivity contribution in [2.45, 2.75) is 31.0 Å². The second-order valence-electron chi connectivity index (χ2n) is 9.68. The summed E-state index contributed by atoms with van der Waals surface area (Å²) >= 11 is 2.61. The van der Waals surface area contributed by atoms with Crippen LogP contribution in [0, 0.1) is 0 Å². The maximum absolute atomic E-state index is 13.5. The number of amides is 2. The SMILES string of the molecule is CO/N=C(\C(=O)N[C@@H]1C(=O)N2C(C(=O)OCc3ccc(OC)cc3)=C(C/C=C\C[n+]3ccccc3)CS[C@H]12)c1csc(N)n1. The molecule has 1 fully saturated rings. The molecule has 44 heavy (non-hydrogen) atoms.